The Hall–Kier alpha value is -0.990. The van der Waals surface area contributed by atoms with Crippen molar-refractivity contribution < 1.29 is 4.79 Å². The molecule has 4 heteroatoms. The number of hydrogen-bond acceptors (Lipinski definition) is 1. The molecule has 1 aromatic heterocycles. The maximum Gasteiger partial charge on any atom is 0.166 e. The average Bonchev–Trinajstić information content (AvgIpc) is 2.60. The second-order valence-corrected chi connectivity index (χ2v) is 4.07. The summed E-state index contributed by atoms with van der Waals surface area (Å²) < 4.78 is 0. The molecule has 0 aliphatic rings. The summed E-state index contributed by atoms with van der Waals surface area (Å²) in [6, 6.07) is 5.42. The largest absolute Gasteiger partial charge is 0.360 e. The van der Waals surface area contributed by atoms with E-state index in [0.717, 1.165) is 10.9 Å². The van der Waals surface area contributed by atoms with Crippen molar-refractivity contribution in [1.82, 2.24) is 4.98 Å². The van der Waals surface area contributed by atoms with Crippen LogP contribution in [0.3, 0.4) is 0 Å². The standard InChI is InChI=1S/C11H9Cl2NO/c12-4-3-11(15)9-6-14-10-5-7(13)1-2-8(9)10/h1-2,5-6,14H,3-4H2. The van der Waals surface area contributed by atoms with E-state index >= 15 is 0 Å². The van der Waals surface area contributed by atoms with Crippen molar-refractivity contribution in [2.75, 3.05) is 5.88 Å². The summed E-state index contributed by atoms with van der Waals surface area (Å²) in [5, 5.41) is 1.55. The first-order valence-electron chi connectivity index (χ1n) is 4.58. The van der Waals surface area contributed by atoms with Gasteiger partial charge in [-0.05, 0) is 12.1 Å². The summed E-state index contributed by atoms with van der Waals surface area (Å²) >= 11 is 11.4. The summed E-state index contributed by atoms with van der Waals surface area (Å²) in [6.45, 7) is 0. The van der Waals surface area contributed by atoms with Crippen LogP contribution in [0, 0.1) is 0 Å². The molecule has 0 unspecified atom stereocenters. The Balaban J connectivity index is 2.49. The van der Waals surface area contributed by atoms with Crippen molar-refractivity contribution in [2.45, 2.75) is 6.42 Å². The first-order chi connectivity index (χ1) is 7.22. The summed E-state index contributed by atoms with van der Waals surface area (Å²) in [5.41, 5.74) is 1.56. The van der Waals surface area contributed by atoms with Crippen LogP contribution in [0.5, 0.6) is 0 Å². The minimum Gasteiger partial charge on any atom is -0.360 e. The zero-order chi connectivity index (χ0) is 10.8. The lowest BCUT2D eigenvalue weighted by Gasteiger charge is -1.96. The fourth-order valence-electron chi connectivity index (χ4n) is 1.55. The number of aromatic amines is 1. The number of fused-ring (bicyclic) bond motifs is 1. The Kier molecular flexibility index (Phi) is 2.98. The topological polar surface area (TPSA) is 32.9 Å². The quantitative estimate of drug-likeness (QED) is 0.646. The first kappa shape index (κ1) is 10.5. The molecule has 0 fully saturated rings. The molecule has 0 aliphatic heterocycles. The van der Waals surface area contributed by atoms with Crippen molar-refractivity contribution in [2.24, 2.45) is 0 Å². The van der Waals surface area contributed by atoms with Gasteiger partial charge in [-0.25, -0.2) is 0 Å². The van der Waals surface area contributed by atoms with E-state index in [1.807, 2.05) is 6.07 Å². The predicted octanol–water partition coefficient (Wildman–Crippen LogP) is 3.63. The highest BCUT2D eigenvalue weighted by atomic mass is 35.5. The van der Waals surface area contributed by atoms with Crippen molar-refractivity contribution >= 4 is 39.9 Å². The number of alkyl halides is 1. The lowest BCUT2D eigenvalue weighted by Crippen LogP contribution is -1.97. The number of benzene rings is 1. The lowest BCUT2D eigenvalue weighted by molar-refractivity contribution is 0.0991. The van der Waals surface area contributed by atoms with Gasteiger partial charge in [0.1, 0.15) is 0 Å². The predicted molar refractivity (Wildman–Crippen MR) is 63.0 cm³/mol. The third-order valence-electron chi connectivity index (χ3n) is 2.27. The van der Waals surface area contributed by atoms with Gasteiger partial charge in [0.15, 0.2) is 5.78 Å². The van der Waals surface area contributed by atoms with Crippen molar-refractivity contribution in [3.8, 4) is 0 Å². The Labute approximate surface area is 97.2 Å². The highest BCUT2D eigenvalue weighted by molar-refractivity contribution is 6.31. The van der Waals surface area contributed by atoms with E-state index in [-0.39, 0.29) is 5.78 Å². The van der Waals surface area contributed by atoms with Crippen LogP contribution in [0.15, 0.2) is 24.4 Å². The van der Waals surface area contributed by atoms with Crippen LogP contribution < -0.4 is 0 Å². The van der Waals surface area contributed by atoms with Crippen LogP contribution in [-0.4, -0.2) is 16.6 Å². The minimum absolute atomic E-state index is 0.0542. The number of nitrogens with one attached hydrogen (secondary N) is 1. The molecule has 0 aliphatic carbocycles. The van der Waals surface area contributed by atoms with Gasteiger partial charge in [0.25, 0.3) is 0 Å². The molecule has 0 spiro atoms. The number of halogens is 2. The van der Waals surface area contributed by atoms with Crippen LogP contribution in [0.4, 0.5) is 0 Å². The summed E-state index contributed by atoms with van der Waals surface area (Å²) in [5.74, 6) is 0.401. The molecule has 0 saturated carbocycles. The number of carbonyl (C=O) groups excluding carboxylic acids is 1. The Morgan fingerprint density at radius 1 is 1.40 bits per heavy atom. The van der Waals surface area contributed by atoms with Gasteiger partial charge in [-0.2, -0.15) is 0 Å². The number of Topliss-reactive ketones (excluding diaryl/α,β-unsaturated/α-hetero) is 1. The Morgan fingerprint density at radius 2 is 2.20 bits per heavy atom. The molecule has 0 bridgehead atoms. The molecular weight excluding hydrogens is 233 g/mol. The van der Waals surface area contributed by atoms with Crippen molar-refractivity contribution in [3.63, 3.8) is 0 Å². The number of H-pyrrole nitrogens is 1. The molecule has 0 radical (unpaired) electrons. The first-order valence-corrected chi connectivity index (χ1v) is 5.49. The highest BCUT2D eigenvalue weighted by Gasteiger charge is 2.11. The lowest BCUT2D eigenvalue weighted by atomic mass is 10.1. The van der Waals surface area contributed by atoms with Gasteiger partial charge in [-0.1, -0.05) is 17.7 Å². The molecule has 2 rings (SSSR count). The fourth-order valence-corrected chi connectivity index (χ4v) is 1.89. The third kappa shape index (κ3) is 2.01. The molecule has 0 saturated heterocycles. The molecular formula is C11H9Cl2NO. The van der Waals surface area contributed by atoms with E-state index in [0.29, 0.717) is 22.9 Å². The maximum atomic E-state index is 11.7. The Bertz CT molecular complexity index is 504. The molecule has 15 heavy (non-hydrogen) atoms. The normalized spacial score (nSPS) is 10.8. The molecule has 78 valence electrons. The van der Waals surface area contributed by atoms with Gasteiger partial charge in [0.2, 0.25) is 0 Å². The van der Waals surface area contributed by atoms with E-state index in [1.54, 1.807) is 18.3 Å². The van der Waals surface area contributed by atoms with Crippen molar-refractivity contribution in [3.05, 3.63) is 35.0 Å². The maximum absolute atomic E-state index is 11.7. The van der Waals surface area contributed by atoms with E-state index in [4.69, 9.17) is 23.2 Å². The van der Waals surface area contributed by atoms with E-state index in [9.17, 15) is 4.79 Å². The zero-order valence-electron chi connectivity index (χ0n) is 7.89. The van der Waals surface area contributed by atoms with Crippen LogP contribution in [0.25, 0.3) is 10.9 Å². The molecule has 2 nitrogen and oxygen atoms in total. The number of ketones is 1. The third-order valence-corrected chi connectivity index (χ3v) is 2.69. The van der Waals surface area contributed by atoms with Crippen LogP contribution in [-0.2, 0) is 0 Å². The fraction of sp³-hybridized carbons (Fsp3) is 0.182. The van der Waals surface area contributed by atoms with Crippen LogP contribution in [0.2, 0.25) is 5.02 Å². The summed E-state index contributed by atoms with van der Waals surface area (Å²) in [4.78, 5) is 14.7. The number of rotatable bonds is 3. The van der Waals surface area contributed by atoms with E-state index < -0.39 is 0 Å². The van der Waals surface area contributed by atoms with Gasteiger partial charge in [-0.3, -0.25) is 4.79 Å². The van der Waals surface area contributed by atoms with E-state index in [1.165, 1.54) is 0 Å². The second-order valence-electron chi connectivity index (χ2n) is 3.25. The molecule has 1 aromatic carbocycles. The van der Waals surface area contributed by atoms with Gasteiger partial charge >= 0.3 is 0 Å². The van der Waals surface area contributed by atoms with Gasteiger partial charge in [0.05, 0.1) is 0 Å². The average molecular weight is 242 g/mol. The molecule has 1 N–H and O–H groups in total. The monoisotopic (exact) mass is 241 g/mol. The zero-order valence-corrected chi connectivity index (χ0v) is 9.40. The van der Waals surface area contributed by atoms with Gasteiger partial charge in [0, 0.05) is 40.0 Å². The highest BCUT2D eigenvalue weighted by Crippen LogP contribution is 2.22. The van der Waals surface area contributed by atoms with E-state index in [2.05, 4.69) is 4.98 Å². The number of aromatic nitrogens is 1. The second kappa shape index (κ2) is 4.25. The summed E-state index contributed by atoms with van der Waals surface area (Å²) in [7, 11) is 0. The number of carbonyl (C=O) groups is 1. The summed E-state index contributed by atoms with van der Waals surface area (Å²) in [6.07, 6.45) is 2.06. The van der Waals surface area contributed by atoms with Gasteiger partial charge in [-0.15, -0.1) is 11.6 Å². The van der Waals surface area contributed by atoms with Gasteiger partial charge < -0.3 is 4.98 Å². The molecule has 0 amide bonds. The van der Waals surface area contributed by atoms with Crippen molar-refractivity contribution in [1.29, 1.82) is 0 Å². The molecule has 1 heterocycles. The Morgan fingerprint density at radius 3 is 2.93 bits per heavy atom. The SMILES string of the molecule is O=C(CCCl)c1c[nH]c2cc(Cl)ccc12. The molecule has 2 aromatic rings. The van der Waals surface area contributed by atoms with Crippen LogP contribution >= 0.6 is 23.2 Å². The van der Waals surface area contributed by atoms with Crippen LogP contribution in [0.1, 0.15) is 16.8 Å². The minimum atomic E-state index is 0.0542. The smallest absolute Gasteiger partial charge is 0.166 e. The molecule has 0 atom stereocenters. The number of hydrogen-bond donors (Lipinski definition) is 1.